The maximum absolute atomic E-state index is 13.4. The molecule has 1 saturated carbocycles. The smallest absolute Gasteiger partial charge is 0.230 e. The summed E-state index contributed by atoms with van der Waals surface area (Å²) in [6.07, 6.45) is 1.07. The maximum atomic E-state index is 13.4. The number of carbonyl (C=O) groups excluding carboxylic acids is 1. The minimum Gasteiger partial charge on any atom is -0.398 e. The molecule has 25 heavy (non-hydrogen) atoms. The summed E-state index contributed by atoms with van der Waals surface area (Å²) in [6, 6.07) is 11.8. The summed E-state index contributed by atoms with van der Waals surface area (Å²) in [5, 5.41) is 2.23. The van der Waals surface area contributed by atoms with Crippen LogP contribution in [0.2, 0.25) is 0 Å². The van der Waals surface area contributed by atoms with Crippen LogP contribution in [0.3, 0.4) is 0 Å². The molecule has 0 radical (unpaired) electrons. The van der Waals surface area contributed by atoms with Crippen LogP contribution in [-0.4, -0.2) is 18.2 Å². The van der Waals surface area contributed by atoms with E-state index in [0.29, 0.717) is 17.8 Å². The van der Waals surface area contributed by atoms with E-state index in [4.69, 9.17) is 5.73 Å². The molecule has 3 nitrogen and oxygen atoms in total. The lowest BCUT2D eigenvalue weighted by atomic mass is 9.86. The van der Waals surface area contributed by atoms with E-state index in [9.17, 15) is 4.79 Å². The Kier molecular flexibility index (Phi) is 5.01. The molecule has 1 fully saturated rings. The average molecular weight is 357 g/mol. The summed E-state index contributed by atoms with van der Waals surface area (Å²) in [6.45, 7) is 6.56. The molecule has 0 bridgehead atoms. The third-order valence-corrected chi connectivity index (χ3v) is 6.48. The van der Waals surface area contributed by atoms with Crippen LogP contribution in [0.4, 0.5) is 11.4 Å². The number of nitrogen functional groups attached to an aromatic ring is 1. The second-order valence-electron chi connectivity index (χ2n) is 7.62. The van der Waals surface area contributed by atoms with E-state index < -0.39 is 0 Å². The van der Waals surface area contributed by atoms with Gasteiger partial charge in [-0.25, -0.2) is 0 Å². The van der Waals surface area contributed by atoms with E-state index in [2.05, 4.69) is 33.4 Å². The van der Waals surface area contributed by atoms with Crippen molar-refractivity contribution in [3.8, 4) is 0 Å². The van der Waals surface area contributed by atoms with E-state index in [0.717, 1.165) is 28.6 Å². The fourth-order valence-electron chi connectivity index (χ4n) is 4.38. The first-order valence-corrected chi connectivity index (χ1v) is 9.57. The van der Waals surface area contributed by atoms with Gasteiger partial charge in [-0.15, -0.1) is 0 Å². The summed E-state index contributed by atoms with van der Waals surface area (Å²) >= 11 is 4.67. The molecule has 1 amide bonds. The maximum Gasteiger partial charge on any atom is 0.230 e. The Balaban J connectivity index is 1.99. The minimum absolute atomic E-state index is 0.0174. The summed E-state index contributed by atoms with van der Waals surface area (Å²) < 4.78 is 0. The van der Waals surface area contributed by atoms with Gasteiger partial charge in [0, 0.05) is 34.7 Å². The standard InChI is InChI=1S/C21H28N2OS/c1-12-11-17(14(3)25)20(13(12)2)21(24)23(4)19-10-9-18(22)15-7-5-6-8-16(15)19/h5-10,12-14,17,20,25H,11,22H2,1-4H3. The van der Waals surface area contributed by atoms with Gasteiger partial charge in [-0.3, -0.25) is 4.79 Å². The highest BCUT2D eigenvalue weighted by Gasteiger charge is 2.45. The van der Waals surface area contributed by atoms with Crippen molar-refractivity contribution in [2.75, 3.05) is 17.7 Å². The van der Waals surface area contributed by atoms with Gasteiger partial charge < -0.3 is 10.6 Å². The van der Waals surface area contributed by atoms with Gasteiger partial charge in [-0.2, -0.15) is 12.6 Å². The normalized spacial score (nSPS) is 27.4. The molecule has 5 unspecified atom stereocenters. The van der Waals surface area contributed by atoms with Gasteiger partial charge in [0.15, 0.2) is 0 Å². The Morgan fingerprint density at radius 1 is 1.20 bits per heavy atom. The first-order chi connectivity index (χ1) is 11.8. The predicted molar refractivity (Wildman–Crippen MR) is 110 cm³/mol. The number of nitrogens with two attached hydrogens (primary N) is 1. The van der Waals surface area contributed by atoms with Crippen molar-refractivity contribution in [3.05, 3.63) is 36.4 Å². The number of hydrogen-bond acceptors (Lipinski definition) is 3. The first kappa shape index (κ1) is 18.1. The second-order valence-corrected chi connectivity index (χ2v) is 8.43. The second kappa shape index (κ2) is 6.91. The van der Waals surface area contributed by atoms with Crippen LogP contribution in [0.1, 0.15) is 27.2 Å². The Bertz CT molecular complexity index is 789. The molecule has 2 aromatic carbocycles. The van der Waals surface area contributed by atoms with Crippen molar-refractivity contribution in [2.24, 2.45) is 23.7 Å². The number of thiol groups is 1. The lowest BCUT2D eigenvalue weighted by Gasteiger charge is -2.30. The van der Waals surface area contributed by atoms with Crippen molar-refractivity contribution in [2.45, 2.75) is 32.4 Å². The van der Waals surface area contributed by atoms with E-state index in [1.165, 1.54) is 0 Å². The quantitative estimate of drug-likeness (QED) is 0.623. The molecule has 2 aromatic rings. The Morgan fingerprint density at radius 3 is 2.48 bits per heavy atom. The van der Waals surface area contributed by atoms with Gasteiger partial charge in [0.1, 0.15) is 0 Å². The number of benzene rings is 2. The third-order valence-electron chi connectivity index (χ3n) is 6.10. The zero-order chi connectivity index (χ0) is 18.3. The van der Waals surface area contributed by atoms with Gasteiger partial charge in [-0.05, 0) is 36.3 Å². The first-order valence-electron chi connectivity index (χ1n) is 9.05. The van der Waals surface area contributed by atoms with Gasteiger partial charge in [0.05, 0.1) is 5.69 Å². The Morgan fingerprint density at radius 2 is 1.84 bits per heavy atom. The van der Waals surface area contributed by atoms with Gasteiger partial charge in [-0.1, -0.05) is 45.0 Å². The molecule has 0 saturated heterocycles. The van der Waals surface area contributed by atoms with Gasteiger partial charge in [0.2, 0.25) is 5.91 Å². The number of carbonyl (C=O) groups is 1. The molecule has 0 aliphatic heterocycles. The van der Waals surface area contributed by atoms with Gasteiger partial charge >= 0.3 is 0 Å². The lowest BCUT2D eigenvalue weighted by Crippen LogP contribution is -2.39. The molecule has 1 aliphatic rings. The molecule has 0 heterocycles. The molecule has 3 rings (SSSR count). The highest BCUT2D eigenvalue weighted by molar-refractivity contribution is 7.80. The van der Waals surface area contributed by atoms with E-state index in [-0.39, 0.29) is 17.1 Å². The summed E-state index contributed by atoms with van der Waals surface area (Å²) in [5.74, 6) is 1.45. The lowest BCUT2D eigenvalue weighted by molar-refractivity contribution is -0.124. The summed E-state index contributed by atoms with van der Waals surface area (Å²) in [7, 11) is 1.89. The number of anilines is 2. The molecular formula is C21H28N2OS. The van der Waals surface area contributed by atoms with Crippen LogP contribution in [0.5, 0.6) is 0 Å². The molecule has 0 spiro atoms. The van der Waals surface area contributed by atoms with Gasteiger partial charge in [0.25, 0.3) is 0 Å². The van der Waals surface area contributed by atoms with Crippen LogP contribution < -0.4 is 10.6 Å². The molecule has 1 aliphatic carbocycles. The van der Waals surface area contributed by atoms with Crippen LogP contribution in [-0.2, 0) is 4.79 Å². The molecule has 5 atom stereocenters. The van der Waals surface area contributed by atoms with E-state index in [1.807, 2.05) is 48.3 Å². The van der Waals surface area contributed by atoms with Crippen LogP contribution >= 0.6 is 12.6 Å². The number of hydrogen-bond donors (Lipinski definition) is 2. The monoisotopic (exact) mass is 356 g/mol. The van der Waals surface area contributed by atoms with Crippen molar-refractivity contribution in [3.63, 3.8) is 0 Å². The fraction of sp³-hybridized carbons (Fsp3) is 0.476. The Labute approximate surface area is 156 Å². The van der Waals surface area contributed by atoms with Crippen molar-refractivity contribution < 1.29 is 4.79 Å². The van der Waals surface area contributed by atoms with Crippen molar-refractivity contribution in [1.29, 1.82) is 0 Å². The molecular weight excluding hydrogens is 328 g/mol. The Hall–Kier alpha value is -1.68. The number of amides is 1. The van der Waals surface area contributed by atoms with Crippen molar-refractivity contribution in [1.82, 2.24) is 0 Å². The molecule has 0 aromatic heterocycles. The number of rotatable bonds is 3. The van der Waals surface area contributed by atoms with Crippen LogP contribution in [0.15, 0.2) is 36.4 Å². The SMILES string of the molecule is CC(S)C1CC(C)C(C)C1C(=O)N(C)c1ccc(N)c2ccccc12. The third kappa shape index (κ3) is 3.12. The van der Waals surface area contributed by atoms with Crippen LogP contribution in [0.25, 0.3) is 10.8 Å². The number of nitrogens with zero attached hydrogens (tertiary/aromatic N) is 1. The average Bonchev–Trinajstić information content (AvgIpc) is 2.90. The molecule has 4 heteroatoms. The highest BCUT2D eigenvalue weighted by Crippen LogP contribution is 2.45. The predicted octanol–water partition coefficient (Wildman–Crippen LogP) is 4.61. The van der Waals surface area contributed by atoms with E-state index >= 15 is 0 Å². The minimum atomic E-state index is 0.0174. The topological polar surface area (TPSA) is 46.3 Å². The van der Waals surface area contributed by atoms with E-state index in [1.54, 1.807) is 0 Å². The highest BCUT2D eigenvalue weighted by atomic mass is 32.1. The zero-order valence-corrected chi connectivity index (χ0v) is 16.3. The molecule has 134 valence electrons. The largest absolute Gasteiger partial charge is 0.398 e. The summed E-state index contributed by atoms with van der Waals surface area (Å²) in [5.41, 5.74) is 7.78. The number of fused-ring (bicyclic) bond motifs is 1. The zero-order valence-electron chi connectivity index (χ0n) is 15.4. The van der Waals surface area contributed by atoms with Crippen LogP contribution in [0, 0.1) is 23.7 Å². The molecule has 2 N–H and O–H groups in total. The fourth-order valence-corrected chi connectivity index (χ4v) is 4.69. The van der Waals surface area contributed by atoms with Crippen molar-refractivity contribution >= 4 is 40.7 Å². The summed E-state index contributed by atoms with van der Waals surface area (Å²) in [4.78, 5) is 15.2.